The van der Waals surface area contributed by atoms with Gasteiger partial charge in [-0.15, -0.1) is 0 Å². The van der Waals surface area contributed by atoms with Gasteiger partial charge in [0.25, 0.3) is 5.91 Å². The van der Waals surface area contributed by atoms with Gasteiger partial charge in [-0.3, -0.25) is 9.69 Å². The molecule has 148 valence electrons. The van der Waals surface area contributed by atoms with Gasteiger partial charge in [-0.25, -0.2) is 4.79 Å². The maximum atomic E-state index is 13.2. The van der Waals surface area contributed by atoms with E-state index in [0.29, 0.717) is 23.7 Å². The summed E-state index contributed by atoms with van der Waals surface area (Å²) >= 11 is 3.42. The first-order chi connectivity index (χ1) is 14.0. The Bertz CT molecular complexity index is 1020. The lowest BCUT2D eigenvalue weighted by Gasteiger charge is -2.18. The molecule has 3 rings (SSSR count). The number of halogens is 1. The van der Waals surface area contributed by atoms with E-state index >= 15 is 0 Å². The number of allylic oxidation sites excluding steroid dienone is 1. The van der Waals surface area contributed by atoms with Crippen LogP contribution in [0.25, 0.3) is 6.08 Å². The van der Waals surface area contributed by atoms with Crippen LogP contribution in [0.1, 0.15) is 12.5 Å². The van der Waals surface area contributed by atoms with Crippen LogP contribution in [0.15, 0.2) is 82.5 Å². The van der Waals surface area contributed by atoms with Crippen molar-refractivity contribution < 1.29 is 19.1 Å². The summed E-state index contributed by atoms with van der Waals surface area (Å²) in [5.41, 5.74) is 2.50. The van der Waals surface area contributed by atoms with Gasteiger partial charge in [-0.2, -0.15) is 0 Å². The number of benzene rings is 2. The number of carbonyl (C=O) groups is 2. The Morgan fingerprint density at radius 3 is 2.55 bits per heavy atom. The van der Waals surface area contributed by atoms with Crippen molar-refractivity contribution in [2.24, 2.45) is 0 Å². The van der Waals surface area contributed by atoms with Crippen LogP contribution in [0.3, 0.4) is 0 Å². The molecule has 2 aromatic carbocycles. The largest absolute Gasteiger partial charge is 0.490 e. The first-order valence-corrected chi connectivity index (χ1v) is 9.70. The Morgan fingerprint density at radius 1 is 1.21 bits per heavy atom. The lowest BCUT2D eigenvalue weighted by Crippen LogP contribution is -2.24. The van der Waals surface area contributed by atoms with Crippen molar-refractivity contribution in [1.29, 1.82) is 0 Å². The molecule has 0 atom stereocenters. The van der Waals surface area contributed by atoms with E-state index in [0.717, 1.165) is 10.0 Å². The summed E-state index contributed by atoms with van der Waals surface area (Å²) in [5, 5.41) is 0. The molecule has 0 spiro atoms. The molecular formula is C23H20BrNO4. The van der Waals surface area contributed by atoms with Crippen LogP contribution < -0.4 is 9.64 Å². The van der Waals surface area contributed by atoms with Gasteiger partial charge in [0.2, 0.25) is 0 Å². The van der Waals surface area contributed by atoms with Gasteiger partial charge in [-0.05, 0) is 48.9 Å². The lowest BCUT2D eigenvalue weighted by atomic mass is 10.0. The number of nitrogens with zero attached hydrogens (tertiary/aromatic N) is 1. The average molecular weight is 454 g/mol. The molecule has 2 aromatic rings. The van der Waals surface area contributed by atoms with Crippen LogP contribution in [0.4, 0.5) is 5.69 Å². The molecule has 29 heavy (non-hydrogen) atoms. The summed E-state index contributed by atoms with van der Waals surface area (Å²) in [4.78, 5) is 27.2. The van der Waals surface area contributed by atoms with E-state index in [1.807, 2.05) is 36.4 Å². The van der Waals surface area contributed by atoms with Gasteiger partial charge in [0.05, 0.1) is 23.9 Å². The molecule has 0 aliphatic carbocycles. The lowest BCUT2D eigenvalue weighted by molar-refractivity contribution is -0.136. The molecule has 0 bridgehead atoms. The fourth-order valence-electron chi connectivity index (χ4n) is 3.09. The summed E-state index contributed by atoms with van der Waals surface area (Å²) in [5.74, 6) is -0.140. The average Bonchev–Trinajstić information content (AvgIpc) is 2.96. The van der Waals surface area contributed by atoms with E-state index in [2.05, 4.69) is 22.5 Å². The first kappa shape index (κ1) is 20.6. The van der Waals surface area contributed by atoms with E-state index < -0.39 is 5.97 Å². The molecule has 0 saturated heterocycles. The Balaban J connectivity index is 2.02. The van der Waals surface area contributed by atoms with Crippen LogP contribution >= 0.6 is 15.9 Å². The second-order valence-corrected chi connectivity index (χ2v) is 7.21. The third kappa shape index (κ3) is 4.32. The number of anilines is 1. The maximum Gasteiger partial charge on any atom is 0.340 e. The zero-order valence-corrected chi connectivity index (χ0v) is 17.7. The van der Waals surface area contributed by atoms with Gasteiger partial charge in [-0.1, -0.05) is 46.8 Å². The third-order valence-corrected chi connectivity index (χ3v) is 4.91. The van der Waals surface area contributed by atoms with Crippen molar-refractivity contribution in [1.82, 2.24) is 0 Å². The number of amides is 1. The van der Waals surface area contributed by atoms with Crippen molar-refractivity contribution >= 4 is 39.6 Å². The van der Waals surface area contributed by atoms with E-state index in [-0.39, 0.29) is 17.1 Å². The van der Waals surface area contributed by atoms with E-state index in [9.17, 15) is 9.59 Å². The molecule has 0 N–H and O–H groups in total. The van der Waals surface area contributed by atoms with Crippen molar-refractivity contribution in [2.75, 3.05) is 18.6 Å². The van der Waals surface area contributed by atoms with Crippen LogP contribution in [-0.2, 0) is 14.3 Å². The summed E-state index contributed by atoms with van der Waals surface area (Å²) < 4.78 is 11.3. The minimum atomic E-state index is -0.550. The zero-order chi connectivity index (χ0) is 21.0. The fraction of sp³-hybridized carbons (Fsp3) is 0.130. The SMILES string of the molecule is C=CCOc1ccc(/C=C2\C(=O)N(c3cccc(Br)c3)C(C)=C2C(=O)OC)cc1. The van der Waals surface area contributed by atoms with Crippen molar-refractivity contribution in [2.45, 2.75) is 6.92 Å². The topological polar surface area (TPSA) is 55.8 Å². The first-order valence-electron chi connectivity index (χ1n) is 8.91. The van der Waals surface area contributed by atoms with Gasteiger partial charge in [0, 0.05) is 10.2 Å². The highest BCUT2D eigenvalue weighted by atomic mass is 79.9. The van der Waals surface area contributed by atoms with E-state index in [1.54, 1.807) is 31.2 Å². The molecular weight excluding hydrogens is 434 g/mol. The Kier molecular flexibility index (Phi) is 6.34. The summed E-state index contributed by atoms with van der Waals surface area (Å²) in [6.07, 6.45) is 3.35. The van der Waals surface area contributed by atoms with Gasteiger partial charge >= 0.3 is 5.97 Å². The van der Waals surface area contributed by atoms with Gasteiger partial charge in [0.1, 0.15) is 12.4 Å². The highest BCUT2D eigenvalue weighted by Crippen LogP contribution is 2.36. The maximum absolute atomic E-state index is 13.2. The molecule has 1 aliphatic heterocycles. The Labute approximate surface area is 178 Å². The minimum absolute atomic E-state index is 0.254. The number of ether oxygens (including phenoxy) is 2. The predicted octanol–water partition coefficient (Wildman–Crippen LogP) is 4.89. The third-order valence-electron chi connectivity index (χ3n) is 4.41. The second kappa shape index (κ2) is 8.92. The predicted molar refractivity (Wildman–Crippen MR) is 116 cm³/mol. The summed E-state index contributed by atoms with van der Waals surface area (Å²) in [6.45, 7) is 5.76. The number of rotatable bonds is 6. The number of methoxy groups -OCH3 is 1. The normalized spacial score (nSPS) is 15.1. The molecule has 0 unspecified atom stereocenters. The zero-order valence-electron chi connectivity index (χ0n) is 16.1. The van der Waals surface area contributed by atoms with Gasteiger partial charge in [0.15, 0.2) is 0 Å². The molecule has 5 nitrogen and oxygen atoms in total. The molecule has 0 fully saturated rings. The minimum Gasteiger partial charge on any atom is -0.490 e. The molecule has 0 radical (unpaired) electrons. The number of esters is 1. The monoisotopic (exact) mass is 453 g/mol. The van der Waals surface area contributed by atoms with Crippen molar-refractivity contribution in [3.8, 4) is 5.75 Å². The van der Waals surface area contributed by atoms with E-state index in [1.165, 1.54) is 12.0 Å². The molecule has 0 aromatic heterocycles. The highest BCUT2D eigenvalue weighted by molar-refractivity contribution is 9.10. The quantitative estimate of drug-likeness (QED) is 0.354. The van der Waals surface area contributed by atoms with Crippen molar-refractivity contribution in [3.63, 3.8) is 0 Å². The van der Waals surface area contributed by atoms with Crippen molar-refractivity contribution in [3.05, 3.63) is 88.1 Å². The molecule has 1 aliphatic rings. The summed E-state index contributed by atoms with van der Waals surface area (Å²) in [7, 11) is 1.30. The second-order valence-electron chi connectivity index (χ2n) is 6.30. The summed E-state index contributed by atoms with van der Waals surface area (Å²) in [6, 6.07) is 14.6. The number of hydrogen-bond donors (Lipinski definition) is 0. The van der Waals surface area contributed by atoms with Crippen LogP contribution in [0, 0.1) is 0 Å². The number of hydrogen-bond acceptors (Lipinski definition) is 4. The van der Waals surface area contributed by atoms with Crippen LogP contribution in [0.2, 0.25) is 0 Å². The number of carbonyl (C=O) groups excluding carboxylic acids is 2. The highest BCUT2D eigenvalue weighted by Gasteiger charge is 2.37. The standard InChI is InChI=1S/C23H20BrNO4/c1-4-12-29-19-10-8-16(9-11-19)13-20-21(23(27)28-3)15(2)25(22(20)26)18-7-5-6-17(24)14-18/h4-11,13-14H,1,12H2,2-3H3/b20-13-. The van der Waals surface area contributed by atoms with Gasteiger partial charge < -0.3 is 9.47 Å². The smallest absolute Gasteiger partial charge is 0.340 e. The Hall–Kier alpha value is -3.12. The fourth-order valence-corrected chi connectivity index (χ4v) is 3.48. The van der Waals surface area contributed by atoms with Crippen LogP contribution in [-0.4, -0.2) is 25.6 Å². The molecule has 0 saturated carbocycles. The Morgan fingerprint density at radius 2 is 1.93 bits per heavy atom. The van der Waals surface area contributed by atoms with E-state index in [4.69, 9.17) is 9.47 Å². The molecule has 6 heteroatoms. The molecule has 1 amide bonds. The van der Waals surface area contributed by atoms with Crippen LogP contribution in [0.5, 0.6) is 5.75 Å². The molecule has 1 heterocycles.